The maximum atomic E-state index is 12.0. The first-order valence-corrected chi connectivity index (χ1v) is 8.21. The van der Waals surface area contributed by atoms with Crippen LogP contribution in [-0.4, -0.2) is 24.2 Å². The van der Waals surface area contributed by atoms with E-state index in [4.69, 9.17) is 4.74 Å². The van der Waals surface area contributed by atoms with Gasteiger partial charge in [0.15, 0.2) is 0 Å². The lowest BCUT2D eigenvalue weighted by Crippen LogP contribution is -2.09. The molecule has 2 aromatic rings. The number of carbonyl (C=O) groups is 1. The van der Waals surface area contributed by atoms with Crippen LogP contribution < -0.4 is 10.1 Å². The molecular formula is C17H16N2O4S. The van der Waals surface area contributed by atoms with Crippen molar-refractivity contribution in [2.45, 2.75) is 4.90 Å². The predicted octanol–water partition coefficient (Wildman–Crippen LogP) is 3.98. The molecule has 2 aromatic carbocycles. The van der Waals surface area contributed by atoms with Crippen LogP contribution in [0.25, 0.3) is 6.08 Å². The van der Waals surface area contributed by atoms with E-state index in [2.05, 4.69) is 5.32 Å². The Balaban J connectivity index is 2.12. The summed E-state index contributed by atoms with van der Waals surface area (Å²) in [5.74, 6) is -0.0468. The van der Waals surface area contributed by atoms with Gasteiger partial charge >= 0.3 is 0 Å². The maximum absolute atomic E-state index is 12.0. The molecular weight excluding hydrogens is 328 g/mol. The number of ether oxygens (including phenoxy) is 1. The zero-order chi connectivity index (χ0) is 17.5. The van der Waals surface area contributed by atoms with Crippen molar-refractivity contribution in [3.63, 3.8) is 0 Å². The zero-order valence-electron chi connectivity index (χ0n) is 13.2. The van der Waals surface area contributed by atoms with Crippen molar-refractivity contribution in [3.8, 4) is 5.75 Å². The number of hydrogen-bond acceptors (Lipinski definition) is 5. The Kier molecular flexibility index (Phi) is 5.97. The monoisotopic (exact) mass is 344 g/mol. The molecule has 6 nitrogen and oxygen atoms in total. The van der Waals surface area contributed by atoms with Crippen molar-refractivity contribution in [2.24, 2.45) is 0 Å². The molecule has 2 rings (SSSR count). The van der Waals surface area contributed by atoms with E-state index in [0.29, 0.717) is 5.75 Å². The van der Waals surface area contributed by atoms with Gasteiger partial charge in [-0.15, -0.1) is 11.8 Å². The Morgan fingerprint density at radius 1 is 1.25 bits per heavy atom. The fraction of sp³-hybridized carbons (Fsp3) is 0.118. The first-order chi connectivity index (χ1) is 11.5. The number of amides is 1. The minimum atomic E-state index is -0.530. The van der Waals surface area contributed by atoms with Crippen molar-refractivity contribution in [2.75, 3.05) is 18.7 Å². The van der Waals surface area contributed by atoms with Crippen LogP contribution in [0.2, 0.25) is 0 Å². The van der Waals surface area contributed by atoms with Crippen LogP contribution in [0.5, 0.6) is 5.75 Å². The number of nitro groups is 1. The van der Waals surface area contributed by atoms with Gasteiger partial charge in [-0.1, -0.05) is 12.1 Å². The van der Waals surface area contributed by atoms with Crippen molar-refractivity contribution < 1.29 is 14.5 Å². The van der Waals surface area contributed by atoms with Crippen LogP contribution in [-0.2, 0) is 4.79 Å². The Hall–Kier alpha value is -2.80. The van der Waals surface area contributed by atoms with Crippen molar-refractivity contribution in [3.05, 3.63) is 64.2 Å². The number of methoxy groups -OCH3 is 1. The lowest BCUT2D eigenvalue weighted by molar-refractivity contribution is -0.384. The Labute approximate surface area is 143 Å². The van der Waals surface area contributed by atoms with Crippen LogP contribution in [0.15, 0.2) is 53.4 Å². The summed E-state index contributed by atoms with van der Waals surface area (Å²) in [5.41, 5.74) is 1.01. The van der Waals surface area contributed by atoms with Crippen LogP contribution in [0.4, 0.5) is 11.4 Å². The average molecular weight is 344 g/mol. The Bertz CT molecular complexity index is 773. The number of nitrogens with one attached hydrogen (secondary N) is 1. The summed E-state index contributed by atoms with van der Waals surface area (Å²) in [6, 6.07) is 11.8. The number of anilines is 1. The highest BCUT2D eigenvalue weighted by atomic mass is 32.2. The van der Waals surface area contributed by atoms with E-state index >= 15 is 0 Å². The number of non-ortho nitro benzene ring substituents is 1. The molecule has 124 valence electrons. The van der Waals surface area contributed by atoms with Crippen molar-refractivity contribution in [1.29, 1.82) is 0 Å². The third-order valence-electron chi connectivity index (χ3n) is 3.19. The third kappa shape index (κ3) is 4.60. The molecule has 1 amide bonds. The minimum Gasteiger partial charge on any atom is -0.495 e. The second-order valence-electron chi connectivity index (χ2n) is 4.74. The lowest BCUT2D eigenvalue weighted by atomic mass is 10.2. The maximum Gasteiger partial charge on any atom is 0.271 e. The largest absolute Gasteiger partial charge is 0.495 e. The van der Waals surface area contributed by atoms with Crippen LogP contribution in [0.1, 0.15) is 5.56 Å². The average Bonchev–Trinajstić information content (AvgIpc) is 2.60. The molecule has 0 saturated heterocycles. The summed E-state index contributed by atoms with van der Waals surface area (Å²) in [6.45, 7) is 0. The third-order valence-corrected chi connectivity index (χ3v) is 3.94. The van der Waals surface area contributed by atoms with Gasteiger partial charge < -0.3 is 10.1 Å². The second kappa shape index (κ2) is 8.16. The van der Waals surface area contributed by atoms with E-state index in [0.717, 1.165) is 10.5 Å². The van der Waals surface area contributed by atoms with Gasteiger partial charge in [-0.05, 0) is 36.1 Å². The first kappa shape index (κ1) is 17.6. The molecule has 0 aliphatic rings. The summed E-state index contributed by atoms with van der Waals surface area (Å²) in [7, 11) is 1.43. The summed E-state index contributed by atoms with van der Waals surface area (Å²) >= 11 is 1.64. The molecule has 0 saturated carbocycles. The molecule has 0 unspecified atom stereocenters. The summed E-state index contributed by atoms with van der Waals surface area (Å²) < 4.78 is 5.11. The summed E-state index contributed by atoms with van der Waals surface area (Å²) in [5, 5.41) is 13.4. The van der Waals surface area contributed by atoms with E-state index in [1.165, 1.54) is 31.4 Å². The molecule has 0 radical (unpaired) electrons. The first-order valence-electron chi connectivity index (χ1n) is 6.99. The number of nitro benzene ring substituents is 1. The molecule has 0 aliphatic carbocycles. The van der Waals surface area contributed by atoms with Crippen molar-refractivity contribution >= 4 is 35.1 Å². The zero-order valence-corrected chi connectivity index (χ0v) is 14.0. The number of benzene rings is 2. The highest BCUT2D eigenvalue weighted by Gasteiger charge is 2.12. The summed E-state index contributed by atoms with van der Waals surface area (Å²) in [6.07, 6.45) is 5.03. The molecule has 24 heavy (non-hydrogen) atoms. The Morgan fingerprint density at radius 2 is 1.96 bits per heavy atom. The second-order valence-corrected chi connectivity index (χ2v) is 5.62. The molecule has 7 heteroatoms. The van der Waals surface area contributed by atoms with Gasteiger partial charge in [0.2, 0.25) is 5.91 Å². The van der Waals surface area contributed by atoms with E-state index in [1.807, 2.05) is 30.5 Å². The molecule has 1 N–H and O–H groups in total. The lowest BCUT2D eigenvalue weighted by Gasteiger charge is -2.08. The molecule has 0 spiro atoms. The van der Waals surface area contributed by atoms with Crippen molar-refractivity contribution in [1.82, 2.24) is 0 Å². The van der Waals surface area contributed by atoms with Gasteiger partial charge in [-0.2, -0.15) is 0 Å². The standard InChI is InChI=1S/C17H16N2O4S/c1-23-16-9-6-13(19(21)22)11-15(16)18-17(20)10-5-12-3-7-14(24-2)8-4-12/h3-11H,1-2H3,(H,18,20)/b10-5+. The van der Waals surface area contributed by atoms with E-state index in [-0.39, 0.29) is 11.4 Å². The van der Waals surface area contributed by atoms with Gasteiger partial charge in [0, 0.05) is 23.1 Å². The smallest absolute Gasteiger partial charge is 0.271 e. The van der Waals surface area contributed by atoms with Crippen LogP contribution in [0.3, 0.4) is 0 Å². The summed E-state index contributed by atoms with van der Waals surface area (Å²) in [4.78, 5) is 23.5. The quantitative estimate of drug-likeness (QED) is 0.371. The van der Waals surface area contributed by atoms with Crippen LogP contribution in [0, 0.1) is 10.1 Å². The Morgan fingerprint density at radius 3 is 2.54 bits per heavy atom. The topological polar surface area (TPSA) is 81.5 Å². The molecule has 0 aliphatic heterocycles. The van der Waals surface area contributed by atoms with E-state index < -0.39 is 10.8 Å². The normalized spacial score (nSPS) is 10.6. The molecule has 0 atom stereocenters. The van der Waals surface area contributed by atoms with E-state index in [1.54, 1.807) is 17.8 Å². The molecule has 0 heterocycles. The highest BCUT2D eigenvalue weighted by molar-refractivity contribution is 7.98. The van der Waals surface area contributed by atoms with Crippen LogP contribution >= 0.6 is 11.8 Å². The highest BCUT2D eigenvalue weighted by Crippen LogP contribution is 2.28. The molecule has 0 aromatic heterocycles. The number of rotatable bonds is 6. The van der Waals surface area contributed by atoms with Gasteiger partial charge in [-0.25, -0.2) is 0 Å². The number of carbonyl (C=O) groups excluding carboxylic acids is 1. The SMILES string of the molecule is COc1ccc([N+](=O)[O-])cc1NC(=O)/C=C/c1ccc(SC)cc1. The van der Waals surface area contributed by atoms with E-state index in [9.17, 15) is 14.9 Å². The van der Waals surface area contributed by atoms with Gasteiger partial charge in [0.25, 0.3) is 5.69 Å². The minimum absolute atomic E-state index is 0.122. The van der Waals surface area contributed by atoms with Gasteiger partial charge in [0.1, 0.15) is 5.75 Å². The van der Waals surface area contributed by atoms with Gasteiger partial charge in [0.05, 0.1) is 17.7 Å². The molecule has 0 bridgehead atoms. The fourth-order valence-corrected chi connectivity index (χ4v) is 2.38. The molecule has 0 fully saturated rings. The predicted molar refractivity (Wildman–Crippen MR) is 95.5 cm³/mol. The number of hydrogen-bond donors (Lipinski definition) is 1. The fourth-order valence-electron chi connectivity index (χ4n) is 1.97. The van der Waals surface area contributed by atoms with Gasteiger partial charge in [-0.3, -0.25) is 14.9 Å². The number of nitrogens with zero attached hydrogens (tertiary/aromatic N) is 1. The number of thioether (sulfide) groups is 1.